The first-order valence-corrected chi connectivity index (χ1v) is 4.64. The topological polar surface area (TPSA) is 51.3 Å². The molecule has 14 heavy (non-hydrogen) atoms. The lowest BCUT2D eigenvalue weighted by atomic mass is 10.3. The third-order valence-corrected chi connectivity index (χ3v) is 2.09. The fourth-order valence-electron chi connectivity index (χ4n) is 1.31. The van der Waals surface area contributed by atoms with Crippen LogP contribution in [0.25, 0.3) is 0 Å². The number of aromatic nitrogens is 1. The average molecular weight is 195 g/mol. The molecule has 4 nitrogen and oxygen atoms in total. The van der Waals surface area contributed by atoms with Gasteiger partial charge in [-0.3, -0.25) is 4.79 Å². The van der Waals surface area contributed by atoms with Gasteiger partial charge in [-0.25, -0.2) is 0 Å². The molecule has 1 rings (SSSR count). The van der Waals surface area contributed by atoms with Crippen molar-refractivity contribution in [1.29, 1.82) is 0 Å². The minimum absolute atomic E-state index is 0.000903. The van der Waals surface area contributed by atoms with E-state index < -0.39 is 0 Å². The summed E-state index contributed by atoms with van der Waals surface area (Å²) < 4.78 is 1.54. The Bertz CT molecular complexity index is 357. The Kier molecular flexibility index (Phi) is 3.30. The van der Waals surface area contributed by atoms with Crippen molar-refractivity contribution in [2.24, 2.45) is 12.8 Å². The molecule has 0 bridgehead atoms. The number of nitrogens with zero attached hydrogens (tertiary/aromatic N) is 2. The van der Waals surface area contributed by atoms with E-state index in [0.29, 0.717) is 0 Å². The monoisotopic (exact) mass is 195 g/mol. The Morgan fingerprint density at radius 3 is 2.79 bits per heavy atom. The largest absolute Gasteiger partial charge is 0.373 e. The third kappa shape index (κ3) is 2.60. The average Bonchev–Trinajstić information content (AvgIpc) is 2.08. The maximum atomic E-state index is 11.3. The lowest BCUT2D eigenvalue weighted by Gasteiger charge is -2.21. The Labute approximate surface area is 83.9 Å². The van der Waals surface area contributed by atoms with Crippen molar-refractivity contribution in [3.63, 3.8) is 0 Å². The second-order valence-electron chi connectivity index (χ2n) is 3.69. The van der Waals surface area contributed by atoms with E-state index in [1.807, 2.05) is 24.9 Å². The van der Waals surface area contributed by atoms with Gasteiger partial charge in [-0.2, -0.15) is 0 Å². The van der Waals surface area contributed by atoms with Crippen LogP contribution in [0.5, 0.6) is 0 Å². The van der Waals surface area contributed by atoms with E-state index in [-0.39, 0.29) is 11.6 Å². The molecule has 0 spiro atoms. The van der Waals surface area contributed by atoms with E-state index in [1.54, 1.807) is 23.9 Å². The van der Waals surface area contributed by atoms with Crippen LogP contribution in [0, 0.1) is 0 Å². The van der Waals surface area contributed by atoms with Crippen molar-refractivity contribution < 1.29 is 0 Å². The van der Waals surface area contributed by atoms with E-state index in [9.17, 15) is 4.79 Å². The molecule has 1 aromatic heterocycles. The molecule has 0 amide bonds. The predicted molar refractivity (Wildman–Crippen MR) is 58.6 cm³/mol. The summed E-state index contributed by atoms with van der Waals surface area (Å²) in [4.78, 5) is 13.3. The Balaban J connectivity index is 2.86. The molecule has 78 valence electrons. The molecule has 0 aliphatic carbocycles. The molecule has 2 N–H and O–H groups in total. The Morgan fingerprint density at radius 2 is 2.29 bits per heavy atom. The van der Waals surface area contributed by atoms with Crippen molar-refractivity contribution in [3.8, 4) is 0 Å². The predicted octanol–water partition coefficient (Wildman–Crippen LogP) is 0.169. The van der Waals surface area contributed by atoms with E-state index in [0.717, 1.165) is 12.2 Å². The maximum absolute atomic E-state index is 11.3. The number of rotatable bonds is 3. The van der Waals surface area contributed by atoms with Crippen molar-refractivity contribution in [1.82, 2.24) is 4.57 Å². The zero-order valence-electron chi connectivity index (χ0n) is 8.90. The van der Waals surface area contributed by atoms with Crippen molar-refractivity contribution in [2.45, 2.75) is 13.0 Å². The van der Waals surface area contributed by atoms with Gasteiger partial charge < -0.3 is 15.2 Å². The van der Waals surface area contributed by atoms with E-state index in [4.69, 9.17) is 5.73 Å². The summed E-state index contributed by atoms with van der Waals surface area (Å²) in [6.45, 7) is 2.69. The maximum Gasteiger partial charge on any atom is 0.252 e. The first-order chi connectivity index (χ1) is 6.50. The molecule has 0 radical (unpaired) electrons. The highest BCUT2D eigenvalue weighted by atomic mass is 16.1. The molecule has 1 atom stereocenters. The van der Waals surface area contributed by atoms with Crippen LogP contribution in [0.1, 0.15) is 6.92 Å². The number of aryl methyl sites for hydroxylation is 1. The smallest absolute Gasteiger partial charge is 0.252 e. The van der Waals surface area contributed by atoms with Crippen LogP contribution in [0.2, 0.25) is 0 Å². The van der Waals surface area contributed by atoms with Crippen LogP contribution in [-0.4, -0.2) is 24.2 Å². The standard InChI is InChI=1S/C10H17N3O/c1-8(11)7-13(3)9-4-5-12(2)10(14)6-9/h4-6,8H,7,11H2,1-3H3. The summed E-state index contributed by atoms with van der Waals surface area (Å²) in [6, 6.07) is 3.62. The summed E-state index contributed by atoms with van der Waals surface area (Å²) in [5, 5.41) is 0. The van der Waals surface area contributed by atoms with Crippen LogP contribution in [0.15, 0.2) is 23.1 Å². The molecule has 0 saturated carbocycles. The van der Waals surface area contributed by atoms with Gasteiger partial charge in [0.25, 0.3) is 5.56 Å². The molecular formula is C10H17N3O. The van der Waals surface area contributed by atoms with Crippen LogP contribution < -0.4 is 16.2 Å². The SMILES string of the molecule is CC(N)CN(C)c1ccn(C)c(=O)c1. The van der Waals surface area contributed by atoms with E-state index in [1.165, 1.54) is 0 Å². The number of nitrogens with two attached hydrogens (primary N) is 1. The lowest BCUT2D eigenvalue weighted by Crippen LogP contribution is -2.33. The van der Waals surface area contributed by atoms with Crippen LogP contribution in [0.3, 0.4) is 0 Å². The van der Waals surface area contributed by atoms with Crippen LogP contribution in [-0.2, 0) is 7.05 Å². The van der Waals surface area contributed by atoms with Gasteiger partial charge in [-0.15, -0.1) is 0 Å². The second kappa shape index (κ2) is 4.28. The fraction of sp³-hybridized carbons (Fsp3) is 0.500. The highest BCUT2D eigenvalue weighted by molar-refractivity contribution is 5.43. The number of pyridine rings is 1. The normalized spacial score (nSPS) is 12.6. The molecular weight excluding hydrogens is 178 g/mol. The summed E-state index contributed by atoms with van der Waals surface area (Å²) in [7, 11) is 3.66. The molecule has 0 aromatic carbocycles. The molecule has 0 fully saturated rings. The summed E-state index contributed by atoms with van der Waals surface area (Å²) in [5.74, 6) is 0. The van der Waals surface area contributed by atoms with E-state index in [2.05, 4.69) is 0 Å². The van der Waals surface area contributed by atoms with Gasteiger partial charge in [0.15, 0.2) is 0 Å². The van der Waals surface area contributed by atoms with Gasteiger partial charge in [0, 0.05) is 44.6 Å². The fourth-order valence-corrected chi connectivity index (χ4v) is 1.31. The van der Waals surface area contributed by atoms with Gasteiger partial charge in [-0.05, 0) is 13.0 Å². The molecule has 4 heteroatoms. The molecule has 0 saturated heterocycles. The summed E-state index contributed by atoms with van der Waals surface area (Å²) in [6.07, 6.45) is 1.76. The zero-order valence-corrected chi connectivity index (χ0v) is 8.90. The number of hydrogen-bond acceptors (Lipinski definition) is 3. The zero-order chi connectivity index (χ0) is 10.7. The van der Waals surface area contributed by atoms with Gasteiger partial charge in [0.1, 0.15) is 0 Å². The number of hydrogen-bond donors (Lipinski definition) is 1. The van der Waals surface area contributed by atoms with Crippen molar-refractivity contribution in [3.05, 3.63) is 28.7 Å². The van der Waals surface area contributed by atoms with E-state index >= 15 is 0 Å². The van der Waals surface area contributed by atoms with Gasteiger partial charge in [-0.1, -0.05) is 0 Å². The second-order valence-corrected chi connectivity index (χ2v) is 3.69. The molecule has 0 aliphatic heterocycles. The Hall–Kier alpha value is -1.29. The first kappa shape index (κ1) is 10.8. The highest BCUT2D eigenvalue weighted by Crippen LogP contribution is 2.07. The van der Waals surface area contributed by atoms with Crippen molar-refractivity contribution >= 4 is 5.69 Å². The first-order valence-electron chi connectivity index (χ1n) is 4.64. The lowest BCUT2D eigenvalue weighted by molar-refractivity contribution is 0.715. The van der Waals surface area contributed by atoms with Crippen molar-refractivity contribution in [2.75, 3.05) is 18.5 Å². The van der Waals surface area contributed by atoms with Gasteiger partial charge >= 0.3 is 0 Å². The van der Waals surface area contributed by atoms with Gasteiger partial charge in [0.2, 0.25) is 0 Å². The number of anilines is 1. The van der Waals surface area contributed by atoms with Crippen LogP contribution >= 0.6 is 0 Å². The number of likely N-dealkylation sites (N-methyl/N-ethyl adjacent to an activating group) is 1. The molecule has 1 aromatic rings. The summed E-state index contributed by atoms with van der Waals surface area (Å²) >= 11 is 0. The van der Waals surface area contributed by atoms with Gasteiger partial charge in [0.05, 0.1) is 0 Å². The minimum Gasteiger partial charge on any atom is -0.373 e. The van der Waals surface area contributed by atoms with Crippen LogP contribution in [0.4, 0.5) is 5.69 Å². The molecule has 0 aliphatic rings. The Morgan fingerprint density at radius 1 is 1.64 bits per heavy atom. The summed E-state index contributed by atoms with van der Waals surface area (Å²) in [5.41, 5.74) is 6.58. The minimum atomic E-state index is -0.000903. The molecule has 1 unspecified atom stereocenters. The third-order valence-electron chi connectivity index (χ3n) is 2.09. The highest BCUT2D eigenvalue weighted by Gasteiger charge is 2.04. The molecule has 1 heterocycles. The quantitative estimate of drug-likeness (QED) is 0.748.